The zero-order chi connectivity index (χ0) is 21.7. The Morgan fingerprint density at radius 1 is 0.645 bits per heavy atom. The second-order valence-electron chi connectivity index (χ2n) is 10.8. The van der Waals surface area contributed by atoms with E-state index >= 15 is 0 Å². The van der Waals surface area contributed by atoms with Crippen LogP contribution < -0.4 is 0 Å². The van der Waals surface area contributed by atoms with Gasteiger partial charge in [-0.25, -0.2) is 0 Å². The SMILES string of the molecule is CCCCCCc1ccc(CCC2=CCC(C3CCC(CCCCC)CC3)CC2)cc1. The summed E-state index contributed by atoms with van der Waals surface area (Å²) in [7, 11) is 0. The van der Waals surface area contributed by atoms with Gasteiger partial charge in [-0.05, 0) is 86.7 Å². The molecule has 0 heteroatoms. The molecular formula is C31H50. The lowest BCUT2D eigenvalue weighted by molar-refractivity contribution is 0.185. The molecule has 0 saturated heterocycles. The van der Waals surface area contributed by atoms with Gasteiger partial charge in [-0.1, -0.05) is 108 Å². The van der Waals surface area contributed by atoms with Crippen LogP contribution in [-0.2, 0) is 12.8 Å². The highest BCUT2D eigenvalue weighted by Crippen LogP contribution is 2.41. The fourth-order valence-electron chi connectivity index (χ4n) is 6.13. The molecule has 1 aromatic rings. The van der Waals surface area contributed by atoms with Crippen molar-refractivity contribution in [2.45, 2.75) is 129 Å². The molecule has 0 spiro atoms. The molecule has 1 unspecified atom stereocenters. The monoisotopic (exact) mass is 422 g/mol. The highest BCUT2D eigenvalue weighted by molar-refractivity contribution is 5.24. The maximum absolute atomic E-state index is 2.64. The zero-order valence-corrected chi connectivity index (χ0v) is 20.8. The van der Waals surface area contributed by atoms with Crippen molar-refractivity contribution in [1.29, 1.82) is 0 Å². The Morgan fingerprint density at radius 2 is 1.32 bits per heavy atom. The fraction of sp³-hybridized carbons (Fsp3) is 0.742. The number of allylic oxidation sites excluding steroid dienone is 2. The lowest BCUT2D eigenvalue weighted by Crippen LogP contribution is -2.23. The maximum atomic E-state index is 2.64. The fourth-order valence-corrected chi connectivity index (χ4v) is 6.13. The first-order chi connectivity index (χ1) is 15.3. The predicted octanol–water partition coefficient (Wildman–Crippen LogP) is 9.86. The van der Waals surface area contributed by atoms with Gasteiger partial charge >= 0.3 is 0 Å². The molecule has 0 bridgehead atoms. The molecule has 0 amide bonds. The van der Waals surface area contributed by atoms with Crippen LogP contribution in [0.5, 0.6) is 0 Å². The molecule has 1 saturated carbocycles. The molecule has 0 radical (unpaired) electrons. The summed E-state index contributed by atoms with van der Waals surface area (Å²) < 4.78 is 0. The van der Waals surface area contributed by atoms with E-state index in [9.17, 15) is 0 Å². The average molecular weight is 423 g/mol. The zero-order valence-electron chi connectivity index (χ0n) is 20.8. The van der Waals surface area contributed by atoms with E-state index in [1.807, 2.05) is 0 Å². The Bertz CT molecular complexity index is 614. The maximum Gasteiger partial charge on any atom is -0.0241 e. The minimum atomic E-state index is 0.993. The van der Waals surface area contributed by atoms with E-state index in [4.69, 9.17) is 0 Å². The molecule has 1 fully saturated rings. The summed E-state index contributed by atoms with van der Waals surface area (Å²) in [6, 6.07) is 9.54. The topological polar surface area (TPSA) is 0 Å². The van der Waals surface area contributed by atoms with Crippen molar-refractivity contribution >= 4 is 0 Å². The number of hydrogen-bond acceptors (Lipinski definition) is 0. The quantitative estimate of drug-likeness (QED) is 0.219. The van der Waals surface area contributed by atoms with Crippen LogP contribution in [0.1, 0.15) is 128 Å². The third-order valence-electron chi connectivity index (χ3n) is 8.40. The summed E-state index contributed by atoms with van der Waals surface area (Å²) in [4.78, 5) is 0. The lowest BCUT2D eigenvalue weighted by atomic mass is 9.70. The summed E-state index contributed by atoms with van der Waals surface area (Å²) in [5, 5.41) is 0. The summed E-state index contributed by atoms with van der Waals surface area (Å²) in [6.07, 6.45) is 28.0. The minimum absolute atomic E-state index is 0.993. The summed E-state index contributed by atoms with van der Waals surface area (Å²) >= 11 is 0. The smallest absolute Gasteiger partial charge is 0.0241 e. The molecule has 0 nitrogen and oxygen atoms in total. The van der Waals surface area contributed by atoms with Crippen LogP contribution in [0.25, 0.3) is 0 Å². The number of aryl methyl sites for hydroxylation is 2. The first-order valence-corrected chi connectivity index (χ1v) is 14.0. The van der Waals surface area contributed by atoms with Crippen LogP contribution in [-0.4, -0.2) is 0 Å². The third-order valence-corrected chi connectivity index (χ3v) is 8.40. The van der Waals surface area contributed by atoms with Gasteiger partial charge < -0.3 is 0 Å². The number of benzene rings is 1. The van der Waals surface area contributed by atoms with Crippen molar-refractivity contribution < 1.29 is 0 Å². The van der Waals surface area contributed by atoms with Crippen LogP contribution in [0, 0.1) is 17.8 Å². The average Bonchev–Trinajstić information content (AvgIpc) is 2.82. The Morgan fingerprint density at radius 3 is 1.97 bits per heavy atom. The van der Waals surface area contributed by atoms with Crippen LogP contribution in [0.4, 0.5) is 0 Å². The van der Waals surface area contributed by atoms with Gasteiger partial charge in [-0.3, -0.25) is 0 Å². The highest BCUT2D eigenvalue weighted by atomic mass is 14.3. The van der Waals surface area contributed by atoms with E-state index in [1.165, 1.54) is 127 Å². The van der Waals surface area contributed by atoms with Crippen molar-refractivity contribution in [3.8, 4) is 0 Å². The van der Waals surface area contributed by atoms with Crippen LogP contribution in [0.2, 0.25) is 0 Å². The summed E-state index contributed by atoms with van der Waals surface area (Å²) in [6.45, 7) is 4.62. The van der Waals surface area contributed by atoms with Crippen molar-refractivity contribution in [2.24, 2.45) is 17.8 Å². The van der Waals surface area contributed by atoms with Gasteiger partial charge in [-0.15, -0.1) is 0 Å². The second-order valence-corrected chi connectivity index (χ2v) is 10.8. The molecule has 0 heterocycles. The van der Waals surface area contributed by atoms with E-state index in [0.29, 0.717) is 0 Å². The number of hydrogen-bond donors (Lipinski definition) is 0. The molecule has 174 valence electrons. The highest BCUT2D eigenvalue weighted by Gasteiger charge is 2.28. The van der Waals surface area contributed by atoms with E-state index in [0.717, 1.165) is 17.8 Å². The van der Waals surface area contributed by atoms with Crippen LogP contribution in [0.15, 0.2) is 35.9 Å². The summed E-state index contributed by atoms with van der Waals surface area (Å²) in [5.41, 5.74) is 4.80. The molecule has 31 heavy (non-hydrogen) atoms. The van der Waals surface area contributed by atoms with Crippen LogP contribution >= 0.6 is 0 Å². The van der Waals surface area contributed by atoms with Crippen molar-refractivity contribution in [3.63, 3.8) is 0 Å². The standard InChI is InChI=1S/C31H50/c1-3-5-7-9-11-26-12-14-28(15-13-26)16-17-29-20-24-31(25-21-29)30-22-18-27(19-23-30)10-8-6-4-2/h12-15,20,27,30-31H,3-11,16-19,21-25H2,1-2H3. The van der Waals surface area contributed by atoms with E-state index < -0.39 is 0 Å². The largest absolute Gasteiger partial charge is 0.0850 e. The molecule has 1 aromatic carbocycles. The predicted molar refractivity (Wildman–Crippen MR) is 138 cm³/mol. The van der Waals surface area contributed by atoms with Gasteiger partial charge in [-0.2, -0.15) is 0 Å². The summed E-state index contributed by atoms with van der Waals surface area (Å²) in [5.74, 6) is 3.08. The molecule has 0 aromatic heterocycles. The first-order valence-electron chi connectivity index (χ1n) is 14.0. The number of unbranched alkanes of at least 4 members (excludes halogenated alkanes) is 5. The van der Waals surface area contributed by atoms with Gasteiger partial charge in [0, 0.05) is 0 Å². The van der Waals surface area contributed by atoms with E-state index in [-0.39, 0.29) is 0 Å². The van der Waals surface area contributed by atoms with Crippen LogP contribution in [0.3, 0.4) is 0 Å². The molecule has 2 aliphatic rings. The van der Waals surface area contributed by atoms with Gasteiger partial charge in [0.15, 0.2) is 0 Å². The van der Waals surface area contributed by atoms with Gasteiger partial charge in [0.05, 0.1) is 0 Å². The molecule has 1 atom stereocenters. The Hall–Kier alpha value is -1.04. The Labute approximate surface area is 194 Å². The normalized spacial score (nSPS) is 24.2. The molecule has 3 rings (SSSR count). The second kappa shape index (κ2) is 14.2. The van der Waals surface area contributed by atoms with Crippen molar-refractivity contribution in [3.05, 3.63) is 47.0 Å². The van der Waals surface area contributed by atoms with Gasteiger partial charge in [0.25, 0.3) is 0 Å². The molecule has 0 N–H and O–H groups in total. The van der Waals surface area contributed by atoms with Crippen molar-refractivity contribution in [1.82, 2.24) is 0 Å². The molecular weight excluding hydrogens is 372 g/mol. The molecule has 0 aliphatic heterocycles. The third kappa shape index (κ3) is 8.78. The molecule has 2 aliphatic carbocycles. The Balaban J connectivity index is 1.33. The van der Waals surface area contributed by atoms with Gasteiger partial charge in [0.2, 0.25) is 0 Å². The number of rotatable bonds is 13. The van der Waals surface area contributed by atoms with E-state index in [2.05, 4.69) is 44.2 Å². The van der Waals surface area contributed by atoms with Crippen molar-refractivity contribution in [2.75, 3.05) is 0 Å². The minimum Gasteiger partial charge on any atom is -0.0850 e. The first kappa shape index (κ1) is 24.6. The van der Waals surface area contributed by atoms with E-state index in [1.54, 1.807) is 5.57 Å². The lowest BCUT2D eigenvalue weighted by Gasteiger charge is -2.35. The van der Waals surface area contributed by atoms with Gasteiger partial charge in [0.1, 0.15) is 0 Å². The Kier molecular flexibility index (Phi) is 11.3.